The molecular weight excluding hydrogens is 302 g/mol. The molecule has 0 aliphatic rings. The van der Waals surface area contributed by atoms with Crippen LogP contribution >= 0.6 is 0 Å². The molecule has 0 unspecified atom stereocenters. The smallest absolute Gasteiger partial charge is 0.226 e. The van der Waals surface area contributed by atoms with Crippen molar-refractivity contribution in [1.29, 1.82) is 0 Å². The highest BCUT2D eigenvalue weighted by atomic mass is 19.1. The summed E-state index contributed by atoms with van der Waals surface area (Å²) >= 11 is 0. The predicted molar refractivity (Wildman–Crippen MR) is 79.7 cm³/mol. The maximum atomic E-state index is 12.9. The number of aromatic nitrogens is 2. The lowest BCUT2D eigenvalue weighted by molar-refractivity contribution is 0.429. The van der Waals surface area contributed by atoms with Gasteiger partial charge in [0.1, 0.15) is 29.0 Å². The molecule has 0 radical (unpaired) electrons. The zero-order valence-electron chi connectivity index (χ0n) is 12.2. The van der Waals surface area contributed by atoms with Gasteiger partial charge in [0.15, 0.2) is 0 Å². The summed E-state index contributed by atoms with van der Waals surface area (Å²) in [7, 11) is 0. The number of hydrogen-bond acceptors (Lipinski definition) is 4. The Morgan fingerprint density at radius 3 is 1.48 bits per heavy atom. The van der Waals surface area contributed by atoms with E-state index in [-0.39, 0.29) is 23.4 Å². The first-order chi connectivity index (χ1) is 11.1. The molecule has 0 saturated heterocycles. The van der Waals surface area contributed by atoms with E-state index in [1.165, 1.54) is 54.6 Å². The van der Waals surface area contributed by atoms with E-state index in [2.05, 4.69) is 9.97 Å². The number of halogens is 2. The zero-order valence-corrected chi connectivity index (χ0v) is 12.2. The normalized spacial score (nSPS) is 10.4. The number of benzene rings is 2. The fourth-order valence-electron chi connectivity index (χ4n) is 1.87. The average Bonchev–Trinajstić information content (AvgIpc) is 2.51. The minimum atomic E-state index is -0.350. The van der Waals surface area contributed by atoms with Gasteiger partial charge in [0.05, 0.1) is 6.07 Å². The van der Waals surface area contributed by atoms with Gasteiger partial charge in [-0.1, -0.05) is 0 Å². The Balaban J connectivity index is 1.81. The maximum Gasteiger partial charge on any atom is 0.226 e. The highest BCUT2D eigenvalue weighted by Crippen LogP contribution is 2.26. The predicted octanol–water partition coefficient (Wildman–Crippen LogP) is 4.65. The van der Waals surface area contributed by atoms with Gasteiger partial charge in [-0.2, -0.15) is 9.97 Å². The summed E-state index contributed by atoms with van der Waals surface area (Å²) < 4.78 is 36.9. The van der Waals surface area contributed by atoms with Crippen molar-refractivity contribution in [3.8, 4) is 23.3 Å². The number of hydrogen-bond donors (Lipinski definition) is 0. The second kappa shape index (κ2) is 6.39. The van der Waals surface area contributed by atoms with Gasteiger partial charge in [-0.3, -0.25) is 0 Å². The molecule has 6 heteroatoms. The molecule has 4 nitrogen and oxygen atoms in total. The summed E-state index contributed by atoms with van der Waals surface area (Å²) in [5.41, 5.74) is 0. The van der Waals surface area contributed by atoms with Gasteiger partial charge in [-0.05, 0) is 55.5 Å². The maximum absolute atomic E-state index is 12.9. The van der Waals surface area contributed by atoms with Crippen molar-refractivity contribution in [3.63, 3.8) is 0 Å². The summed E-state index contributed by atoms with van der Waals surface area (Å²) in [6.45, 7) is 1.69. The second-order valence-corrected chi connectivity index (χ2v) is 4.70. The fraction of sp³-hybridized carbons (Fsp3) is 0.0588. The molecule has 0 aliphatic heterocycles. The van der Waals surface area contributed by atoms with Crippen molar-refractivity contribution in [2.75, 3.05) is 0 Å². The standard InChI is InChI=1S/C17H12F2N2O2/c1-11-20-16(22-14-6-2-12(18)3-7-14)10-17(21-11)23-15-8-4-13(19)5-9-15/h2-10H,1H3. The molecule has 0 aliphatic carbocycles. The van der Waals surface area contributed by atoms with E-state index in [9.17, 15) is 8.78 Å². The molecule has 3 rings (SSSR count). The van der Waals surface area contributed by atoms with Crippen LogP contribution in [0.5, 0.6) is 23.3 Å². The second-order valence-electron chi connectivity index (χ2n) is 4.70. The molecule has 116 valence electrons. The third kappa shape index (κ3) is 4.00. The van der Waals surface area contributed by atoms with Crippen molar-refractivity contribution < 1.29 is 18.3 Å². The summed E-state index contributed by atoms with van der Waals surface area (Å²) in [5, 5.41) is 0. The largest absolute Gasteiger partial charge is 0.439 e. The van der Waals surface area contributed by atoms with Crippen LogP contribution in [0.3, 0.4) is 0 Å². The van der Waals surface area contributed by atoms with Crippen LogP contribution in [0.2, 0.25) is 0 Å². The van der Waals surface area contributed by atoms with Gasteiger partial charge in [0.2, 0.25) is 11.8 Å². The molecule has 0 saturated carbocycles. The molecule has 23 heavy (non-hydrogen) atoms. The van der Waals surface area contributed by atoms with Crippen molar-refractivity contribution in [2.45, 2.75) is 6.92 Å². The SMILES string of the molecule is Cc1nc(Oc2ccc(F)cc2)cc(Oc2ccc(F)cc2)n1. The van der Waals surface area contributed by atoms with Crippen LogP contribution in [0.15, 0.2) is 54.6 Å². The van der Waals surface area contributed by atoms with Crippen LogP contribution in [0, 0.1) is 18.6 Å². The third-order valence-corrected chi connectivity index (χ3v) is 2.86. The lowest BCUT2D eigenvalue weighted by atomic mass is 10.3. The van der Waals surface area contributed by atoms with Gasteiger partial charge >= 0.3 is 0 Å². The highest BCUT2D eigenvalue weighted by molar-refractivity contribution is 5.32. The molecule has 0 amide bonds. The van der Waals surface area contributed by atoms with Crippen LogP contribution in [0.4, 0.5) is 8.78 Å². The number of nitrogens with zero attached hydrogens (tertiary/aromatic N) is 2. The first kappa shape index (κ1) is 14.9. The summed E-state index contributed by atoms with van der Waals surface area (Å²) in [5.74, 6) is 1.16. The van der Waals surface area contributed by atoms with Crippen molar-refractivity contribution >= 4 is 0 Å². The number of ether oxygens (including phenoxy) is 2. The van der Waals surface area contributed by atoms with Crippen molar-refractivity contribution in [2.24, 2.45) is 0 Å². The van der Waals surface area contributed by atoms with Crippen molar-refractivity contribution in [3.05, 3.63) is 72.1 Å². The van der Waals surface area contributed by atoms with Crippen LogP contribution < -0.4 is 9.47 Å². The van der Waals surface area contributed by atoms with E-state index in [4.69, 9.17) is 9.47 Å². The van der Waals surface area contributed by atoms with Crippen LogP contribution in [0.1, 0.15) is 5.82 Å². The minimum Gasteiger partial charge on any atom is -0.439 e. The average molecular weight is 314 g/mol. The minimum absolute atomic E-state index is 0.265. The third-order valence-electron chi connectivity index (χ3n) is 2.86. The Morgan fingerprint density at radius 1 is 0.696 bits per heavy atom. The van der Waals surface area contributed by atoms with Crippen LogP contribution in [-0.2, 0) is 0 Å². The Bertz CT molecular complexity index is 740. The van der Waals surface area contributed by atoms with Gasteiger partial charge < -0.3 is 9.47 Å². The van der Waals surface area contributed by atoms with Gasteiger partial charge in [-0.15, -0.1) is 0 Å². The Hall–Kier alpha value is -3.02. The summed E-state index contributed by atoms with van der Waals surface area (Å²) in [4.78, 5) is 8.28. The van der Waals surface area contributed by atoms with Gasteiger partial charge in [0, 0.05) is 0 Å². The van der Waals surface area contributed by atoms with Crippen LogP contribution in [-0.4, -0.2) is 9.97 Å². The highest BCUT2D eigenvalue weighted by Gasteiger charge is 2.07. The number of aryl methyl sites for hydroxylation is 1. The van der Waals surface area contributed by atoms with E-state index in [0.29, 0.717) is 17.3 Å². The van der Waals surface area contributed by atoms with Crippen molar-refractivity contribution in [1.82, 2.24) is 9.97 Å². The Labute approximate surface area is 131 Å². The molecule has 1 heterocycles. The van der Waals surface area contributed by atoms with E-state index < -0.39 is 0 Å². The summed E-state index contributed by atoms with van der Waals surface area (Å²) in [6, 6.07) is 12.6. The summed E-state index contributed by atoms with van der Waals surface area (Å²) in [6.07, 6.45) is 0. The monoisotopic (exact) mass is 314 g/mol. The molecular formula is C17H12F2N2O2. The first-order valence-electron chi connectivity index (χ1n) is 6.81. The fourth-order valence-corrected chi connectivity index (χ4v) is 1.87. The number of rotatable bonds is 4. The van der Waals surface area contributed by atoms with E-state index in [0.717, 1.165) is 0 Å². The van der Waals surface area contributed by atoms with Gasteiger partial charge in [-0.25, -0.2) is 8.78 Å². The molecule has 1 aromatic heterocycles. The topological polar surface area (TPSA) is 44.2 Å². The van der Waals surface area contributed by atoms with E-state index in [1.54, 1.807) is 6.92 Å². The molecule has 0 bridgehead atoms. The van der Waals surface area contributed by atoms with Gasteiger partial charge in [0.25, 0.3) is 0 Å². The molecule has 2 aromatic carbocycles. The molecule has 0 N–H and O–H groups in total. The lowest BCUT2D eigenvalue weighted by Gasteiger charge is -2.09. The molecule has 0 atom stereocenters. The lowest BCUT2D eigenvalue weighted by Crippen LogP contribution is -1.96. The Kier molecular flexibility index (Phi) is 4.14. The molecule has 0 spiro atoms. The van der Waals surface area contributed by atoms with E-state index >= 15 is 0 Å². The quantitative estimate of drug-likeness (QED) is 0.703. The van der Waals surface area contributed by atoms with Crippen LogP contribution in [0.25, 0.3) is 0 Å². The Morgan fingerprint density at radius 2 is 1.09 bits per heavy atom. The first-order valence-corrected chi connectivity index (χ1v) is 6.81. The molecule has 3 aromatic rings. The van der Waals surface area contributed by atoms with E-state index in [1.807, 2.05) is 0 Å². The molecule has 0 fully saturated rings. The zero-order chi connectivity index (χ0) is 16.2.